The van der Waals surface area contributed by atoms with E-state index in [2.05, 4.69) is 14.9 Å². The molecule has 0 radical (unpaired) electrons. The normalized spacial score (nSPS) is 16.9. The fourth-order valence-electron chi connectivity index (χ4n) is 4.94. The summed E-state index contributed by atoms with van der Waals surface area (Å²) in [6.45, 7) is 4.13. The van der Waals surface area contributed by atoms with Crippen LogP contribution in [0, 0.1) is 0 Å². The number of aromatic nitrogens is 2. The first-order valence-corrected chi connectivity index (χ1v) is 13.1. The Labute approximate surface area is 221 Å². The Bertz CT molecular complexity index is 1200. The van der Waals surface area contributed by atoms with E-state index in [4.69, 9.17) is 33.7 Å². The maximum atomic E-state index is 13.1. The number of carbonyl (C=O) groups excluding carboxylic acids is 1. The number of amides is 1. The summed E-state index contributed by atoms with van der Waals surface area (Å²) in [5.41, 5.74) is 8.72. The maximum Gasteiger partial charge on any atom is 0.258 e. The lowest BCUT2D eigenvalue weighted by atomic mass is 10.0. The number of likely N-dealkylation sites (tertiary alicyclic amines) is 2. The van der Waals surface area contributed by atoms with Crippen molar-refractivity contribution >= 4 is 34.9 Å². The summed E-state index contributed by atoms with van der Waals surface area (Å²) in [5.74, 6) is 0.445. The van der Waals surface area contributed by atoms with Gasteiger partial charge in [-0.15, -0.1) is 0 Å². The molecule has 1 aromatic heterocycles. The van der Waals surface area contributed by atoms with Crippen molar-refractivity contribution in [2.45, 2.75) is 38.3 Å². The number of hydrogen-bond acceptors (Lipinski definition) is 6. The van der Waals surface area contributed by atoms with Crippen molar-refractivity contribution < 1.29 is 9.53 Å². The Morgan fingerprint density at radius 1 is 1.00 bits per heavy atom. The second-order valence-corrected chi connectivity index (χ2v) is 10.1. The molecule has 0 saturated carbocycles. The fourth-order valence-corrected chi connectivity index (χ4v) is 5.45. The van der Waals surface area contributed by atoms with E-state index < -0.39 is 0 Å². The molecule has 0 unspecified atom stereocenters. The molecule has 7 nitrogen and oxygen atoms in total. The molecule has 0 atom stereocenters. The van der Waals surface area contributed by atoms with E-state index in [1.807, 2.05) is 29.2 Å². The molecule has 1 amide bonds. The van der Waals surface area contributed by atoms with Crippen molar-refractivity contribution in [1.29, 1.82) is 0 Å². The predicted molar refractivity (Wildman–Crippen MR) is 142 cm³/mol. The van der Waals surface area contributed by atoms with E-state index in [1.165, 1.54) is 25.9 Å². The van der Waals surface area contributed by atoms with Gasteiger partial charge in [0.05, 0.1) is 11.9 Å². The first-order chi connectivity index (χ1) is 17.5. The molecule has 5 rings (SSSR count). The third-order valence-electron chi connectivity index (χ3n) is 7.02. The zero-order valence-electron chi connectivity index (χ0n) is 20.0. The average Bonchev–Trinajstić information content (AvgIpc) is 3.44. The first-order valence-electron chi connectivity index (χ1n) is 12.3. The van der Waals surface area contributed by atoms with Gasteiger partial charge in [0.2, 0.25) is 0 Å². The zero-order chi connectivity index (χ0) is 25.1. The summed E-state index contributed by atoms with van der Waals surface area (Å²) in [5, 5.41) is 1.01. The molecule has 2 aromatic carbocycles. The van der Waals surface area contributed by atoms with Gasteiger partial charge in [0, 0.05) is 45.9 Å². The van der Waals surface area contributed by atoms with Crippen LogP contribution in [0.5, 0.6) is 5.88 Å². The zero-order valence-corrected chi connectivity index (χ0v) is 21.5. The lowest BCUT2D eigenvalue weighted by molar-refractivity contribution is 0.0644. The Kier molecular flexibility index (Phi) is 7.60. The van der Waals surface area contributed by atoms with Crippen LogP contribution in [0.3, 0.4) is 0 Å². The highest BCUT2D eigenvalue weighted by Crippen LogP contribution is 2.28. The number of piperidine rings is 1. The Balaban J connectivity index is 1.23. The minimum Gasteiger partial charge on any atom is -0.470 e. The molecule has 2 fully saturated rings. The van der Waals surface area contributed by atoms with Crippen LogP contribution in [-0.2, 0) is 6.61 Å². The average molecular weight is 526 g/mol. The molecule has 2 aliphatic heterocycles. The van der Waals surface area contributed by atoms with Gasteiger partial charge < -0.3 is 20.3 Å². The second-order valence-electron chi connectivity index (χ2n) is 9.28. The van der Waals surface area contributed by atoms with Crippen LogP contribution < -0.4 is 10.5 Å². The van der Waals surface area contributed by atoms with Gasteiger partial charge in [-0.2, -0.15) is 0 Å². The maximum absolute atomic E-state index is 13.1. The van der Waals surface area contributed by atoms with Crippen molar-refractivity contribution in [3.05, 3.63) is 69.8 Å². The van der Waals surface area contributed by atoms with Crippen LogP contribution in [0.1, 0.15) is 41.6 Å². The number of anilines is 1. The van der Waals surface area contributed by atoms with Gasteiger partial charge in [0.1, 0.15) is 6.61 Å². The van der Waals surface area contributed by atoms with Gasteiger partial charge in [-0.05, 0) is 63.0 Å². The summed E-state index contributed by atoms with van der Waals surface area (Å²) in [6, 6.07) is 13.3. The second kappa shape index (κ2) is 11.0. The van der Waals surface area contributed by atoms with Gasteiger partial charge in [-0.25, -0.2) is 9.97 Å². The predicted octanol–water partition coefficient (Wildman–Crippen LogP) is 5.31. The Hall–Kier alpha value is -2.87. The highest BCUT2D eigenvalue weighted by molar-refractivity contribution is 6.35. The third-order valence-corrected chi connectivity index (χ3v) is 7.73. The van der Waals surface area contributed by atoms with E-state index in [9.17, 15) is 4.79 Å². The minimum atomic E-state index is 0.0745. The van der Waals surface area contributed by atoms with Gasteiger partial charge >= 0.3 is 0 Å². The summed E-state index contributed by atoms with van der Waals surface area (Å²) in [6.07, 6.45) is 6.28. The highest BCUT2D eigenvalue weighted by Gasteiger charge is 2.28. The molecule has 2 aliphatic rings. The van der Waals surface area contributed by atoms with Crippen molar-refractivity contribution in [1.82, 2.24) is 19.8 Å². The van der Waals surface area contributed by atoms with Crippen molar-refractivity contribution in [2.24, 2.45) is 0 Å². The quantitative estimate of drug-likeness (QED) is 0.469. The van der Waals surface area contributed by atoms with Crippen LogP contribution in [0.15, 0.2) is 48.7 Å². The van der Waals surface area contributed by atoms with Crippen LogP contribution in [0.4, 0.5) is 5.82 Å². The van der Waals surface area contributed by atoms with Crippen LogP contribution >= 0.6 is 23.2 Å². The molecular formula is C27H29Cl2N5O2. The van der Waals surface area contributed by atoms with E-state index in [0.717, 1.165) is 31.5 Å². The van der Waals surface area contributed by atoms with Crippen LogP contribution in [0.25, 0.3) is 11.3 Å². The van der Waals surface area contributed by atoms with E-state index in [-0.39, 0.29) is 24.2 Å². The van der Waals surface area contributed by atoms with Crippen LogP contribution in [0.2, 0.25) is 10.0 Å². The SMILES string of the molecule is Nc1ncc(-c2ccc(C(=O)N3CCC(N4CCCC4)CC3)cc2)nc1OCc1c(Cl)cccc1Cl. The third kappa shape index (κ3) is 5.43. The number of nitrogens with two attached hydrogens (primary N) is 1. The topological polar surface area (TPSA) is 84.6 Å². The Morgan fingerprint density at radius 2 is 1.67 bits per heavy atom. The number of rotatable bonds is 6. The first kappa shape index (κ1) is 24.8. The number of ether oxygens (including phenoxy) is 1. The van der Waals surface area contributed by atoms with Gasteiger partial charge in [-0.3, -0.25) is 4.79 Å². The number of nitrogen functional groups attached to an aromatic ring is 1. The smallest absolute Gasteiger partial charge is 0.258 e. The largest absolute Gasteiger partial charge is 0.470 e. The highest BCUT2D eigenvalue weighted by atomic mass is 35.5. The molecule has 9 heteroatoms. The van der Waals surface area contributed by atoms with Gasteiger partial charge in [0.25, 0.3) is 11.8 Å². The molecular weight excluding hydrogens is 497 g/mol. The summed E-state index contributed by atoms with van der Waals surface area (Å²) >= 11 is 12.5. The Morgan fingerprint density at radius 3 is 2.33 bits per heavy atom. The summed E-state index contributed by atoms with van der Waals surface area (Å²) < 4.78 is 5.80. The number of hydrogen-bond donors (Lipinski definition) is 1. The molecule has 3 heterocycles. The fraction of sp³-hybridized carbons (Fsp3) is 0.370. The lowest BCUT2D eigenvalue weighted by Gasteiger charge is -2.36. The van der Waals surface area contributed by atoms with Gasteiger partial charge in [-0.1, -0.05) is 41.4 Å². The van der Waals surface area contributed by atoms with E-state index in [0.29, 0.717) is 32.9 Å². The van der Waals surface area contributed by atoms with Gasteiger partial charge in [0.15, 0.2) is 5.82 Å². The molecule has 188 valence electrons. The molecule has 36 heavy (non-hydrogen) atoms. The lowest BCUT2D eigenvalue weighted by Crippen LogP contribution is -2.45. The number of nitrogens with zero attached hydrogens (tertiary/aromatic N) is 4. The molecule has 3 aromatic rings. The van der Waals surface area contributed by atoms with E-state index in [1.54, 1.807) is 24.4 Å². The van der Waals surface area contributed by atoms with E-state index >= 15 is 0 Å². The molecule has 0 aliphatic carbocycles. The summed E-state index contributed by atoms with van der Waals surface area (Å²) in [7, 11) is 0. The minimum absolute atomic E-state index is 0.0745. The number of halogens is 2. The van der Waals surface area contributed by atoms with Crippen LogP contribution in [-0.4, -0.2) is 57.9 Å². The molecule has 2 N–H and O–H groups in total. The molecule has 0 spiro atoms. The summed E-state index contributed by atoms with van der Waals surface area (Å²) in [4.78, 5) is 26.4. The van der Waals surface area contributed by atoms with Crippen molar-refractivity contribution in [3.8, 4) is 17.1 Å². The standard InChI is InChI=1S/C27H29Cl2N5O2/c28-22-4-3-5-23(29)21(22)17-36-26-25(30)31-16-24(32-26)18-6-8-19(9-7-18)27(35)34-14-10-20(11-15-34)33-12-1-2-13-33/h3-9,16,20H,1-2,10-15,17H2,(H2,30,31). The number of carbonyl (C=O) groups is 1. The molecule has 2 saturated heterocycles. The molecule has 0 bridgehead atoms. The monoisotopic (exact) mass is 525 g/mol. The van der Waals surface area contributed by atoms with Crippen molar-refractivity contribution in [3.63, 3.8) is 0 Å². The number of benzene rings is 2. The van der Waals surface area contributed by atoms with Crippen molar-refractivity contribution in [2.75, 3.05) is 31.9 Å².